The molecular weight excluding hydrogens is 299 g/mol. The molecule has 0 spiro atoms. The van der Waals surface area contributed by atoms with Crippen LogP contribution in [0.25, 0.3) is 0 Å². The fourth-order valence-electron chi connectivity index (χ4n) is 2.37. The Morgan fingerprint density at radius 3 is 2.67 bits per heavy atom. The van der Waals surface area contributed by atoms with Gasteiger partial charge in [-0.2, -0.15) is 0 Å². The number of hydrogen-bond acceptors (Lipinski definition) is 4. The van der Waals surface area contributed by atoms with Crippen molar-refractivity contribution in [1.29, 1.82) is 0 Å². The Balaban J connectivity index is 2.34. The molecule has 1 aromatic carbocycles. The number of likely N-dealkylation sites (tertiary alicyclic amines) is 1. The van der Waals surface area contributed by atoms with Gasteiger partial charge in [-0.1, -0.05) is 0 Å². The summed E-state index contributed by atoms with van der Waals surface area (Å²) in [5.41, 5.74) is -0.655. The molecule has 6 nitrogen and oxygen atoms in total. The van der Waals surface area contributed by atoms with Gasteiger partial charge in [0.05, 0.1) is 10.5 Å². The van der Waals surface area contributed by atoms with E-state index < -0.39 is 27.4 Å². The van der Waals surface area contributed by atoms with Gasteiger partial charge in [0.2, 0.25) is 10.0 Å². The van der Waals surface area contributed by atoms with Crippen molar-refractivity contribution in [3.8, 4) is 0 Å². The molecule has 1 saturated heterocycles. The van der Waals surface area contributed by atoms with Crippen LogP contribution in [0.5, 0.6) is 0 Å². The summed E-state index contributed by atoms with van der Waals surface area (Å²) in [4.78, 5) is 12.7. The zero-order valence-corrected chi connectivity index (χ0v) is 12.6. The second-order valence-electron chi connectivity index (χ2n) is 5.28. The molecule has 116 valence electrons. The molecule has 1 fully saturated rings. The molecule has 1 aromatic rings. The van der Waals surface area contributed by atoms with E-state index in [-0.39, 0.29) is 16.5 Å². The van der Waals surface area contributed by atoms with Crippen molar-refractivity contribution >= 4 is 16.0 Å². The molecule has 0 bridgehead atoms. The molecule has 0 aromatic heterocycles. The fourth-order valence-corrected chi connectivity index (χ4v) is 3.74. The number of aryl methyl sites for hydroxylation is 1. The van der Waals surface area contributed by atoms with Crippen LogP contribution < -0.4 is 4.72 Å². The monoisotopic (exact) mass is 316 g/mol. The molecular formula is C13H17FN2O4S. The van der Waals surface area contributed by atoms with E-state index in [1.165, 1.54) is 6.92 Å². The Bertz CT molecular complexity index is 675. The van der Waals surface area contributed by atoms with Gasteiger partial charge in [0, 0.05) is 12.6 Å². The Kier molecular flexibility index (Phi) is 4.31. The van der Waals surface area contributed by atoms with Crippen molar-refractivity contribution in [1.82, 2.24) is 9.62 Å². The largest absolute Gasteiger partial charge is 0.478 e. The molecule has 1 heterocycles. The Morgan fingerprint density at radius 1 is 1.48 bits per heavy atom. The lowest BCUT2D eigenvalue weighted by atomic mass is 10.1. The number of sulfonamides is 1. The number of benzene rings is 1. The van der Waals surface area contributed by atoms with E-state index in [1.54, 1.807) is 0 Å². The van der Waals surface area contributed by atoms with Crippen molar-refractivity contribution in [2.45, 2.75) is 24.3 Å². The maximum atomic E-state index is 13.7. The summed E-state index contributed by atoms with van der Waals surface area (Å²) in [6.07, 6.45) is 0.682. The van der Waals surface area contributed by atoms with Crippen LogP contribution in [0.3, 0.4) is 0 Å². The summed E-state index contributed by atoms with van der Waals surface area (Å²) < 4.78 is 40.8. The van der Waals surface area contributed by atoms with Crippen LogP contribution >= 0.6 is 0 Å². The van der Waals surface area contributed by atoms with Gasteiger partial charge in [-0.3, -0.25) is 0 Å². The lowest BCUT2D eigenvalue weighted by molar-refractivity contribution is 0.0691. The van der Waals surface area contributed by atoms with E-state index in [9.17, 15) is 17.6 Å². The van der Waals surface area contributed by atoms with Crippen LogP contribution in [-0.2, 0) is 10.0 Å². The number of aromatic carboxylic acids is 1. The third kappa shape index (κ3) is 3.39. The van der Waals surface area contributed by atoms with Gasteiger partial charge in [-0.15, -0.1) is 0 Å². The summed E-state index contributed by atoms with van der Waals surface area (Å²) in [5, 5.41) is 8.94. The average molecular weight is 316 g/mol. The van der Waals surface area contributed by atoms with E-state index >= 15 is 0 Å². The van der Waals surface area contributed by atoms with Crippen LogP contribution in [0.1, 0.15) is 22.3 Å². The normalized spacial score (nSPS) is 19.9. The molecule has 2 N–H and O–H groups in total. The molecule has 1 aliphatic rings. The third-order valence-electron chi connectivity index (χ3n) is 3.48. The molecule has 1 unspecified atom stereocenters. The molecule has 0 radical (unpaired) electrons. The van der Waals surface area contributed by atoms with Gasteiger partial charge in [-0.05, 0) is 44.6 Å². The van der Waals surface area contributed by atoms with E-state index in [2.05, 4.69) is 4.72 Å². The third-order valence-corrected chi connectivity index (χ3v) is 4.98. The molecule has 8 heteroatoms. The first-order valence-electron chi connectivity index (χ1n) is 6.45. The second kappa shape index (κ2) is 5.70. The topological polar surface area (TPSA) is 86.7 Å². The molecule has 1 atom stereocenters. The first-order chi connectivity index (χ1) is 9.70. The van der Waals surface area contributed by atoms with Crippen LogP contribution in [0.15, 0.2) is 17.0 Å². The van der Waals surface area contributed by atoms with E-state index in [0.717, 1.165) is 18.7 Å². The van der Waals surface area contributed by atoms with Gasteiger partial charge in [0.1, 0.15) is 5.82 Å². The number of rotatable bonds is 4. The molecule has 21 heavy (non-hydrogen) atoms. The maximum Gasteiger partial charge on any atom is 0.338 e. The number of carboxylic acid groups (broad SMARTS) is 1. The maximum absolute atomic E-state index is 13.7. The standard InChI is InChI=1S/C13H17FN2O4S/c1-8-5-10(6-11(12(8)14)13(17)18)21(19,20)15-9-3-4-16(2)7-9/h5-6,9,15H,3-4,7H2,1-2H3,(H,17,18). The molecule has 0 aliphatic carbocycles. The van der Waals surface area contributed by atoms with E-state index in [4.69, 9.17) is 5.11 Å². The Hall–Kier alpha value is -1.51. The first-order valence-corrected chi connectivity index (χ1v) is 7.93. The molecule has 2 rings (SSSR count). The predicted octanol–water partition coefficient (Wildman–Crippen LogP) is 0.815. The van der Waals surface area contributed by atoms with E-state index in [1.807, 2.05) is 11.9 Å². The average Bonchev–Trinajstić information content (AvgIpc) is 2.76. The predicted molar refractivity (Wildman–Crippen MR) is 74.3 cm³/mol. The summed E-state index contributed by atoms with van der Waals surface area (Å²) in [6, 6.07) is 1.77. The quantitative estimate of drug-likeness (QED) is 0.858. The van der Waals surface area contributed by atoms with Gasteiger partial charge < -0.3 is 10.0 Å². The fraction of sp³-hybridized carbons (Fsp3) is 0.462. The second-order valence-corrected chi connectivity index (χ2v) is 6.99. The number of carbonyl (C=O) groups is 1. The Morgan fingerprint density at radius 2 is 2.14 bits per heavy atom. The van der Waals surface area contributed by atoms with Crippen LogP contribution in [0.2, 0.25) is 0 Å². The van der Waals surface area contributed by atoms with Gasteiger partial charge in [0.25, 0.3) is 0 Å². The zero-order valence-electron chi connectivity index (χ0n) is 11.8. The number of nitrogens with zero attached hydrogens (tertiary/aromatic N) is 1. The lowest BCUT2D eigenvalue weighted by Gasteiger charge is -2.14. The SMILES string of the molecule is Cc1cc(S(=O)(=O)NC2CCN(C)C2)cc(C(=O)O)c1F. The van der Waals surface area contributed by atoms with E-state index in [0.29, 0.717) is 13.0 Å². The summed E-state index contributed by atoms with van der Waals surface area (Å²) >= 11 is 0. The first kappa shape index (κ1) is 15.9. The highest BCUT2D eigenvalue weighted by Crippen LogP contribution is 2.20. The highest BCUT2D eigenvalue weighted by Gasteiger charge is 2.27. The molecule has 0 amide bonds. The molecule has 0 saturated carbocycles. The molecule has 1 aliphatic heterocycles. The minimum atomic E-state index is -3.87. The summed E-state index contributed by atoms with van der Waals surface area (Å²) in [7, 11) is -1.98. The Labute approximate surface area is 122 Å². The smallest absolute Gasteiger partial charge is 0.338 e. The van der Waals surface area contributed by atoms with Crippen LogP contribution in [-0.4, -0.2) is 50.6 Å². The van der Waals surface area contributed by atoms with Crippen molar-refractivity contribution in [3.05, 3.63) is 29.1 Å². The minimum absolute atomic E-state index is 0.0150. The number of nitrogens with one attached hydrogen (secondary N) is 1. The van der Waals surface area contributed by atoms with Gasteiger partial charge in [-0.25, -0.2) is 22.3 Å². The van der Waals surface area contributed by atoms with Crippen LogP contribution in [0.4, 0.5) is 4.39 Å². The van der Waals surface area contributed by atoms with Crippen molar-refractivity contribution in [3.63, 3.8) is 0 Å². The van der Waals surface area contributed by atoms with Crippen LogP contribution in [0, 0.1) is 12.7 Å². The van der Waals surface area contributed by atoms with Crippen molar-refractivity contribution in [2.75, 3.05) is 20.1 Å². The zero-order chi connectivity index (χ0) is 15.8. The van der Waals surface area contributed by atoms with Gasteiger partial charge >= 0.3 is 5.97 Å². The number of carboxylic acids is 1. The highest BCUT2D eigenvalue weighted by atomic mass is 32.2. The minimum Gasteiger partial charge on any atom is -0.478 e. The van der Waals surface area contributed by atoms with Crippen molar-refractivity contribution in [2.24, 2.45) is 0 Å². The van der Waals surface area contributed by atoms with Gasteiger partial charge in [0.15, 0.2) is 0 Å². The number of halogens is 1. The summed E-state index contributed by atoms with van der Waals surface area (Å²) in [6.45, 7) is 2.71. The van der Waals surface area contributed by atoms with Crippen molar-refractivity contribution < 1.29 is 22.7 Å². The number of hydrogen-bond donors (Lipinski definition) is 2. The summed E-state index contributed by atoms with van der Waals surface area (Å²) in [5.74, 6) is -2.41. The lowest BCUT2D eigenvalue weighted by Crippen LogP contribution is -2.36. The number of likely N-dealkylation sites (N-methyl/N-ethyl adjacent to an activating group) is 1. The highest BCUT2D eigenvalue weighted by molar-refractivity contribution is 7.89.